The van der Waals surface area contributed by atoms with Crippen LogP contribution in [-0.4, -0.2) is 15.0 Å². The Morgan fingerprint density at radius 3 is 1.62 bits per heavy atom. The second-order valence-corrected chi connectivity index (χ2v) is 7.89. The molecule has 0 heterocycles. The molecule has 0 fully saturated rings. The molecule has 2 rings (SSSR count). The van der Waals surface area contributed by atoms with Gasteiger partial charge < -0.3 is 4.74 Å². The Labute approximate surface area is 173 Å². The van der Waals surface area contributed by atoms with Crippen LogP contribution in [0.1, 0.15) is 25.0 Å². The molecule has 0 N–H and O–H groups in total. The number of rotatable bonds is 8. The van der Waals surface area contributed by atoms with Gasteiger partial charge in [-0.1, -0.05) is 120 Å². The molecule has 0 unspecified atom stereocenters. The van der Waals surface area contributed by atoms with Gasteiger partial charge in [-0.25, -0.2) is 0 Å². The summed E-state index contributed by atoms with van der Waals surface area (Å²) in [5, 5.41) is 0. The number of hydrogen-bond donors (Lipinski definition) is 0. The number of halogens is 2. The van der Waals surface area contributed by atoms with E-state index in [-0.39, 0.29) is 6.10 Å². The Morgan fingerprint density at radius 2 is 1.25 bits per heavy atom. The molecule has 0 aromatic heterocycles. The summed E-state index contributed by atoms with van der Waals surface area (Å²) in [4.78, 5) is 0. The van der Waals surface area contributed by atoms with Gasteiger partial charge in [-0.05, 0) is 11.1 Å². The maximum atomic E-state index is 6.35. The molecule has 0 saturated heterocycles. The zero-order valence-corrected chi connectivity index (χ0v) is 18.5. The van der Waals surface area contributed by atoms with E-state index in [1.807, 2.05) is 18.4 Å². The summed E-state index contributed by atoms with van der Waals surface area (Å²) >= 11 is 4.91. The Bertz CT molecular complexity index is 573. The zero-order chi connectivity index (χ0) is 17.4. The lowest BCUT2D eigenvalue weighted by molar-refractivity contribution is 0.0667. The van der Waals surface area contributed by atoms with Gasteiger partial charge in [0.2, 0.25) is 0 Å². The van der Waals surface area contributed by atoms with Gasteiger partial charge in [-0.3, -0.25) is 0 Å². The van der Waals surface area contributed by atoms with E-state index in [1.54, 1.807) is 0 Å². The second-order valence-electron chi connectivity index (χ2n) is 6.13. The minimum atomic E-state index is 0.237. The van der Waals surface area contributed by atoms with Crippen LogP contribution in [0.4, 0.5) is 0 Å². The van der Waals surface area contributed by atoms with E-state index >= 15 is 0 Å². The van der Waals surface area contributed by atoms with Gasteiger partial charge in [-0.2, -0.15) is 0 Å². The molecule has 3 heteroatoms. The summed E-state index contributed by atoms with van der Waals surface area (Å²) in [6, 6.07) is 20.9. The summed E-state index contributed by atoms with van der Waals surface area (Å²) in [5.41, 5.74) is 3.51. The number of alkyl halides is 2. The summed E-state index contributed by atoms with van der Waals surface area (Å²) in [5.74, 6) is 1.05. The van der Waals surface area contributed by atoms with Crippen LogP contribution in [0.15, 0.2) is 66.9 Å². The van der Waals surface area contributed by atoms with Crippen LogP contribution in [0.25, 0.3) is 5.57 Å². The minimum Gasteiger partial charge on any atom is -0.497 e. The van der Waals surface area contributed by atoms with Crippen molar-refractivity contribution in [1.82, 2.24) is 0 Å². The van der Waals surface area contributed by atoms with Gasteiger partial charge in [0.25, 0.3) is 0 Å². The first-order chi connectivity index (χ1) is 11.7. The van der Waals surface area contributed by atoms with Gasteiger partial charge in [-0.15, -0.1) is 0 Å². The highest BCUT2D eigenvalue weighted by Crippen LogP contribution is 2.27. The molecule has 128 valence electrons. The lowest BCUT2D eigenvalue weighted by Gasteiger charge is -2.27. The summed E-state index contributed by atoms with van der Waals surface area (Å²) in [6.07, 6.45) is 2.21. The predicted octanol–water partition coefficient (Wildman–Crippen LogP) is 6.60. The monoisotopic (exact) mass is 546 g/mol. The lowest BCUT2D eigenvalue weighted by Crippen LogP contribution is -2.29. The van der Waals surface area contributed by atoms with Crippen molar-refractivity contribution in [3.05, 3.63) is 78.1 Å². The van der Waals surface area contributed by atoms with Crippen LogP contribution < -0.4 is 0 Å². The lowest BCUT2D eigenvalue weighted by atomic mass is 9.96. The van der Waals surface area contributed by atoms with E-state index in [4.69, 9.17) is 4.74 Å². The van der Waals surface area contributed by atoms with Crippen molar-refractivity contribution in [2.75, 3.05) is 8.86 Å². The normalized spacial score (nSPS) is 13.4. The Hall–Kier alpha value is -0.560. The first-order valence-corrected chi connectivity index (χ1v) is 11.3. The van der Waals surface area contributed by atoms with Gasteiger partial charge >= 0.3 is 0 Å². The first kappa shape index (κ1) is 19.8. The van der Waals surface area contributed by atoms with E-state index in [1.165, 1.54) is 11.1 Å². The number of benzene rings is 2. The van der Waals surface area contributed by atoms with Crippen LogP contribution in [-0.2, 0) is 4.74 Å². The third-order valence-electron chi connectivity index (χ3n) is 4.12. The smallest absolute Gasteiger partial charge is 0.104 e. The summed E-state index contributed by atoms with van der Waals surface area (Å²) in [6.45, 7) is 4.55. The quantitative estimate of drug-likeness (QED) is 0.206. The highest BCUT2D eigenvalue weighted by Gasteiger charge is 2.23. The van der Waals surface area contributed by atoms with Gasteiger partial charge in [0.05, 0.1) is 6.26 Å². The van der Waals surface area contributed by atoms with E-state index in [2.05, 4.69) is 108 Å². The van der Waals surface area contributed by atoms with Crippen LogP contribution in [0.3, 0.4) is 0 Å². The molecule has 2 aromatic carbocycles. The maximum absolute atomic E-state index is 6.35. The van der Waals surface area contributed by atoms with Crippen molar-refractivity contribution in [2.45, 2.75) is 20.0 Å². The number of ether oxygens (including phenoxy) is 1. The average molecular weight is 546 g/mol. The van der Waals surface area contributed by atoms with Crippen molar-refractivity contribution in [2.24, 2.45) is 11.8 Å². The molecule has 0 radical (unpaired) electrons. The van der Waals surface area contributed by atoms with E-state index < -0.39 is 0 Å². The SMILES string of the molecule is C[C@@H](CI)C(OC=C(c1ccccc1)c1ccccc1)[C@@H](C)CI. The molecule has 2 atom stereocenters. The van der Waals surface area contributed by atoms with Gasteiger partial charge in [0.15, 0.2) is 0 Å². The van der Waals surface area contributed by atoms with Crippen LogP contribution in [0.5, 0.6) is 0 Å². The fourth-order valence-corrected chi connectivity index (χ4v) is 3.69. The molecule has 0 aliphatic heterocycles. The fourth-order valence-electron chi connectivity index (χ4n) is 2.69. The molecule has 0 aliphatic rings. The summed E-state index contributed by atoms with van der Waals surface area (Å²) in [7, 11) is 0. The average Bonchev–Trinajstić information content (AvgIpc) is 2.65. The topological polar surface area (TPSA) is 9.23 Å². The molecule has 2 aromatic rings. The predicted molar refractivity (Wildman–Crippen MR) is 121 cm³/mol. The van der Waals surface area contributed by atoms with Crippen LogP contribution >= 0.6 is 45.2 Å². The maximum Gasteiger partial charge on any atom is 0.104 e. The molecule has 1 nitrogen and oxygen atoms in total. The zero-order valence-electron chi connectivity index (χ0n) is 14.2. The summed E-state index contributed by atoms with van der Waals surface area (Å²) < 4.78 is 8.55. The Balaban J connectivity index is 2.34. The molecular weight excluding hydrogens is 522 g/mol. The van der Waals surface area contributed by atoms with Gasteiger partial charge in [0.1, 0.15) is 6.10 Å². The van der Waals surface area contributed by atoms with Crippen molar-refractivity contribution in [1.29, 1.82) is 0 Å². The standard InChI is InChI=1S/C21H24I2O/c1-16(13-22)21(17(2)14-23)24-15-20(18-9-5-3-6-10-18)19-11-7-4-8-12-19/h3-12,15-17,21H,13-14H2,1-2H3/t16-,17-/m0/s1. The third-order valence-corrected chi connectivity index (χ3v) is 6.90. The van der Waals surface area contributed by atoms with Crippen molar-refractivity contribution in [3.8, 4) is 0 Å². The van der Waals surface area contributed by atoms with Crippen LogP contribution in [0.2, 0.25) is 0 Å². The Morgan fingerprint density at radius 1 is 0.833 bits per heavy atom. The first-order valence-electron chi connectivity index (χ1n) is 8.25. The minimum absolute atomic E-state index is 0.237. The van der Waals surface area contributed by atoms with Gasteiger partial charge in [0, 0.05) is 26.3 Å². The molecule has 0 bridgehead atoms. The van der Waals surface area contributed by atoms with Crippen LogP contribution in [0, 0.1) is 11.8 Å². The molecule has 0 saturated carbocycles. The van der Waals surface area contributed by atoms with Crippen molar-refractivity contribution in [3.63, 3.8) is 0 Å². The largest absolute Gasteiger partial charge is 0.497 e. The molecule has 0 aliphatic carbocycles. The second kappa shape index (κ2) is 10.4. The fraction of sp³-hybridized carbons (Fsp3) is 0.333. The molecule has 0 spiro atoms. The molecule has 0 amide bonds. The van der Waals surface area contributed by atoms with E-state index in [9.17, 15) is 0 Å². The number of hydrogen-bond acceptors (Lipinski definition) is 1. The van der Waals surface area contributed by atoms with E-state index in [0.29, 0.717) is 11.8 Å². The highest BCUT2D eigenvalue weighted by atomic mass is 127. The Kier molecular flexibility index (Phi) is 8.59. The van der Waals surface area contributed by atoms with E-state index in [0.717, 1.165) is 14.4 Å². The van der Waals surface area contributed by atoms with Crippen molar-refractivity contribution < 1.29 is 4.74 Å². The van der Waals surface area contributed by atoms with Crippen molar-refractivity contribution >= 4 is 50.8 Å². The molecule has 24 heavy (non-hydrogen) atoms. The third kappa shape index (κ3) is 5.48. The highest BCUT2D eigenvalue weighted by molar-refractivity contribution is 14.1. The molecular formula is C21H24I2O.